The first-order valence-electron chi connectivity index (χ1n) is 9.10. The highest BCUT2D eigenvalue weighted by molar-refractivity contribution is 6.24. The Morgan fingerprint density at radius 3 is 1.64 bits per heavy atom. The van der Waals surface area contributed by atoms with E-state index >= 15 is 0 Å². The Kier molecular flexibility index (Phi) is 7.19. The maximum atomic E-state index is 6.80. The van der Waals surface area contributed by atoms with Gasteiger partial charge in [0.15, 0.2) is 0 Å². The zero-order chi connectivity index (χ0) is 18.3. The van der Waals surface area contributed by atoms with Gasteiger partial charge in [-0.15, -0.1) is 11.6 Å². The number of alkyl halides is 1. The van der Waals surface area contributed by atoms with E-state index in [-0.39, 0.29) is 5.92 Å². The molecule has 0 aliphatic rings. The van der Waals surface area contributed by atoms with Gasteiger partial charge in [-0.05, 0) is 62.1 Å². The van der Waals surface area contributed by atoms with Gasteiger partial charge in [0.25, 0.3) is 0 Å². The van der Waals surface area contributed by atoms with Crippen molar-refractivity contribution in [2.24, 2.45) is 0 Å². The molecular weight excluding hydrogens is 332 g/mol. The van der Waals surface area contributed by atoms with E-state index in [4.69, 9.17) is 21.1 Å². The summed E-state index contributed by atoms with van der Waals surface area (Å²) in [5.74, 6) is 1.83. The van der Waals surface area contributed by atoms with Crippen LogP contribution in [0.3, 0.4) is 0 Å². The number of rotatable bonds is 9. The molecule has 25 heavy (non-hydrogen) atoms. The van der Waals surface area contributed by atoms with Crippen LogP contribution in [0.15, 0.2) is 48.5 Å². The second kappa shape index (κ2) is 9.15. The van der Waals surface area contributed by atoms with Crippen molar-refractivity contribution < 1.29 is 9.47 Å². The maximum Gasteiger partial charge on any atom is 0.119 e. The second-order valence-corrected chi connectivity index (χ2v) is 7.81. The fourth-order valence-electron chi connectivity index (χ4n) is 2.99. The van der Waals surface area contributed by atoms with Crippen molar-refractivity contribution in [1.82, 2.24) is 0 Å². The number of hydrogen-bond donors (Lipinski definition) is 0. The van der Waals surface area contributed by atoms with Crippen molar-refractivity contribution in [3.63, 3.8) is 0 Å². The van der Waals surface area contributed by atoms with E-state index in [1.807, 2.05) is 24.3 Å². The van der Waals surface area contributed by atoms with Gasteiger partial charge >= 0.3 is 0 Å². The lowest BCUT2D eigenvalue weighted by Gasteiger charge is -2.30. The molecule has 0 aliphatic carbocycles. The van der Waals surface area contributed by atoms with Crippen LogP contribution in [0.1, 0.15) is 57.6 Å². The molecule has 0 bridgehead atoms. The summed E-state index contributed by atoms with van der Waals surface area (Å²) in [6.07, 6.45) is 1.98. The summed E-state index contributed by atoms with van der Waals surface area (Å²) in [6, 6.07) is 16.5. The van der Waals surface area contributed by atoms with Crippen LogP contribution < -0.4 is 9.47 Å². The predicted octanol–water partition coefficient (Wildman–Crippen LogP) is 6.41. The molecule has 0 aliphatic heterocycles. The SMILES string of the molecule is CCCOc1cccc(C(c2cccc(OCCC)c2)C(C)(C)Cl)c1. The molecule has 0 amide bonds. The highest BCUT2D eigenvalue weighted by atomic mass is 35.5. The van der Waals surface area contributed by atoms with Crippen molar-refractivity contribution in [3.05, 3.63) is 59.7 Å². The monoisotopic (exact) mass is 360 g/mol. The molecule has 2 rings (SSSR count). The summed E-state index contributed by atoms with van der Waals surface area (Å²) in [5, 5.41) is 0. The summed E-state index contributed by atoms with van der Waals surface area (Å²) in [5.41, 5.74) is 2.31. The molecule has 3 heteroatoms. The van der Waals surface area contributed by atoms with E-state index in [1.165, 1.54) is 0 Å². The third-order valence-electron chi connectivity index (χ3n) is 4.02. The molecule has 0 atom stereocenters. The van der Waals surface area contributed by atoms with Crippen LogP contribution in [-0.2, 0) is 0 Å². The second-order valence-electron chi connectivity index (χ2n) is 6.84. The quantitative estimate of drug-likeness (QED) is 0.481. The lowest BCUT2D eigenvalue weighted by atomic mass is 9.82. The molecular formula is C22H29ClO2. The highest BCUT2D eigenvalue weighted by Gasteiger charge is 2.30. The summed E-state index contributed by atoms with van der Waals surface area (Å²) in [4.78, 5) is -0.438. The first-order valence-corrected chi connectivity index (χ1v) is 9.48. The molecule has 0 aromatic heterocycles. The molecule has 0 N–H and O–H groups in total. The van der Waals surface area contributed by atoms with Crippen molar-refractivity contribution in [1.29, 1.82) is 0 Å². The topological polar surface area (TPSA) is 18.5 Å². The molecule has 2 nitrogen and oxygen atoms in total. The van der Waals surface area contributed by atoms with Crippen molar-refractivity contribution in [3.8, 4) is 11.5 Å². The van der Waals surface area contributed by atoms with Gasteiger partial charge in [0.05, 0.1) is 13.2 Å². The van der Waals surface area contributed by atoms with E-state index in [1.54, 1.807) is 0 Å². The molecule has 136 valence electrons. The van der Waals surface area contributed by atoms with Crippen LogP contribution >= 0.6 is 11.6 Å². The smallest absolute Gasteiger partial charge is 0.119 e. The molecule has 2 aromatic carbocycles. The predicted molar refractivity (Wildman–Crippen MR) is 106 cm³/mol. The summed E-state index contributed by atoms with van der Waals surface area (Å²) in [7, 11) is 0. The Bertz CT molecular complexity index is 610. The number of halogens is 1. The van der Waals surface area contributed by atoms with Gasteiger partial charge in [-0.3, -0.25) is 0 Å². The third-order valence-corrected chi connectivity index (χ3v) is 4.23. The summed E-state index contributed by atoms with van der Waals surface area (Å²) < 4.78 is 11.6. The zero-order valence-corrected chi connectivity index (χ0v) is 16.5. The van der Waals surface area contributed by atoms with Gasteiger partial charge in [-0.25, -0.2) is 0 Å². The minimum absolute atomic E-state index is 0.0459. The van der Waals surface area contributed by atoms with E-state index < -0.39 is 4.87 Å². The van der Waals surface area contributed by atoms with Crippen LogP contribution in [0.5, 0.6) is 11.5 Å². The molecule has 0 heterocycles. The number of hydrogen-bond acceptors (Lipinski definition) is 2. The van der Waals surface area contributed by atoms with Crippen molar-refractivity contribution >= 4 is 11.6 Å². The lowest BCUT2D eigenvalue weighted by Crippen LogP contribution is -2.24. The van der Waals surface area contributed by atoms with E-state index in [0.717, 1.165) is 48.7 Å². The fraction of sp³-hybridized carbons (Fsp3) is 0.455. The van der Waals surface area contributed by atoms with Crippen LogP contribution in [0.4, 0.5) is 0 Å². The van der Waals surface area contributed by atoms with Crippen molar-refractivity contribution in [2.45, 2.75) is 51.3 Å². The van der Waals surface area contributed by atoms with Gasteiger partial charge in [0.2, 0.25) is 0 Å². The highest BCUT2D eigenvalue weighted by Crippen LogP contribution is 2.41. The summed E-state index contributed by atoms with van der Waals surface area (Å²) in [6.45, 7) is 9.76. The van der Waals surface area contributed by atoms with Crippen LogP contribution in [0.2, 0.25) is 0 Å². The first-order chi connectivity index (χ1) is 12.0. The zero-order valence-electron chi connectivity index (χ0n) is 15.7. The van der Waals surface area contributed by atoms with Crippen LogP contribution in [-0.4, -0.2) is 18.1 Å². The van der Waals surface area contributed by atoms with Crippen LogP contribution in [0.25, 0.3) is 0 Å². The Balaban J connectivity index is 2.37. The number of benzene rings is 2. The Morgan fingerprint density at radius 1 is 0.840 bits per heavy atom. The lowest BCUT2D eigenvalue weighted by molar-refractivity contribution is 0.316. The largest absolute Gasteiger partial charge is 0.494 e. The van der Waals surface area contributed by atoms with E-state index in [2.05, 4.69) is 52.0 Å². The minimum atomic E-state index is -0.438. The van der Waals surface area contributed by atoms with Gasteiger partial charge in [0.1, 0.15) is 11.5 Å². The normalized spacial score (nSPS) is 11.6. The molecule has 0 saturated heterocycles. The average Bonchev–Trinajstić information content (AvgIpc) is 2.58. The first kappa shape index (κ1) is 19.7. The third kappa shape index (κ3) is 5.67. The van der Waals surface area contributed by atoms with Crippen molar-refractivity contribution in [2.75, 3.05) is 13.2 Å². The van der Waals surface area contributed by atoms with E-state index in [0.29, 0.717) is 0 Å². The average molecular weight is 361 g/mol. The number of ether oxygens (including phenoxy) is 2. The maximum absolute atomic E-state index is 6.80. The summed E-state index contributed by atoms with van der Waals surface area (Å²) >= 11 is 6.80. The Labute approximate surface area is 157 Å². The molecule has 2 aromatic rings. The molecule has 0 unspecified atom stereocenters. The Hall–Kier alpha value is -1.67. The fourth-order valence-corrected chi connectivity index (χ4v) is 3.24. The van der Waals surface area contributed by atoms with Gasteiger partial charge in [0, 0.05) is 10.8 Å². The molecule has 0 spiro atoms. The van der Waals surface area contributed by atoms with Crippen LogP contribution in [0, 0.1) is 0 Å². The van der Waals surface area contributed by atoms with Gasteiger partial charge in [-0.2, -0.15) is 0 Å². The molecule has 0 radical (unpaired) electrons. The molecule has 0 saturated carbocycles. The molecule has 0 fully saturated rings. The standard InChI is InChI=1S/C22H29ClO2/c1-5-13-24-19-11-7-9-17(15-19)21(22(3,4)23)18-10-8-12-20(16-18)25-14-6-2/h7-12,15-16,21H,5-6,13-14H2,1-4H3. The van der Waals surface area contributed by atoms with Gasteiger partial charge in [-0.1, -0.05) is 38.1 Å². The Morgan fingerprint density at radius 2 is 1.28 bits per heavy atom. The minimum Gasteiger partial charge on any atom is -0.494 e. The van der Waals surface area contributed by atoms with E-state index in [9.17, 15) is 0 Å². The van der Waals surface area contributed by atoms with Gasteiger partial charge < -0.3 is 9.47 Å².